The molecule has 1 N–H and O–H groups in total. The molecule has 2 aromatic rings. The second-order valence-electron chi connectivity index (χ2n) is 4.80. The van der Waals surface area contributed by atoms with Crippen LogP contribution >= 0.6 is 0 Å². The summed E-state index contributed by atoms with van der Waals surface area (Å²) in [4.78, 5) is 13.8. The van der Waals surface area contributed by atoms with Gasteiger partial charge in [0.15, 0.2) is 0 Å². The van der Waals surface area contributed by atoms with Gasteiger partial charge in [0.05, 0.1) is 5.56 Å². The number of carbonyl (C=O) groups excluding carboxylic acids is 1. The molecule has 0 fully saturated rings. The van der Waals surface area contributed by atoms with E-state index in [-0.39, 0.29) is 17.3 Å². The molecule has 0 aliphatic rings. The summed E-state index contributed by atoms with van der Waals surface area (Å²) in [6, 6.07) is 6.03. The van der Waals surface area contributed by atoms with E-state index in [1.54, 1.807) is 12.1 Å². The van der Waals surface area contributed by atoms with Crippen molar-refractivity contribution in [3.05, 3.63) is 36.0 Å². The maximum atomic E-state index is 13.6. The average Bonchev–Trinajstić information content (AvgIpc) is 2.93. The van der Waals surface area contributed by atoms with Gasteiger partial charge in [-0.25, -0.2) is 4.39 Å². The molecule has 1 aromatic heterocycles. The topological polar surface area (TPSA) is 71.3 Å². The van der Waals surface area contributed by atoms with Crippen molar-refractivity contribution >= 4 is 5.91 Å². The Kier molecular flexibility index (Phi) is 4.99. The minimum absolute atomic E-state index is 0.00783. The van der Waals surface area contributed by atoms with Crippen LogP contribution in [0.3, 0.4) is 0 Å². The Morgan fingerprint density at radius 1 is 1.33 bits per heavy atom. The van der Waals surface area contributed by atoms with Gasteiger partial charge in [0.2, 0.25) is 0 Å². The molecule has 0 radical (unpaired) electrons. The van der Waals surface area contributed by atoms with Crippen molar-refractivity contribution in [2.75, 3.05) is 27.2 Å². The van der Waals surface area contributed by atoms with E-state index in [2.05, 4.69) is 15.5 Å². The third-order valence-corrected chi connectivity index (χ3v) is 2.79. The fourth-order valence-electron chi connectivity index (χ4n) is 1.73. The van der Waals surface area contributed by atoms with Crippen molar-refractivity contribution in [3.63, 3.8) is 0 Å². The van der Waals surface area contributed by atoms with Gasteiger partial charge in [-0.2, -0.15) is 0 Å². The molecule has 6 nitrogen and oxygen atoms in total. The van der Waals surface area contributed by atoms with Crippen LogP contribution in [0, 0.1) is 5.82 Å². The molecule has 1 aromatic carbocycles. The van der Waals surface area contributed by atoms with Crippen LogP contribution in [0.25, 0.3) is 11.5 Å². The molecule has 21 heavy (non-hydrogen) atoms. The SMILES string of the molecule is CN(C)CCCNC(=O)c1nnc(-c2ccccc2F)o1. The summed E-state index contributed by atoms with van der Waals surface area (Å²) in [5, 5.41) is 10.0. The molecule has 0 saturated heterocycles. The molecule has 112 valence electrons. The lowest BCUT2D eigenvalue weighted by Gasteiger charge is -2.08. The van der Waals surface area contributed by atoms with Gasteiger partial charge in [-0.1, -0.05) is 12.1 Å². The molecule has 2 rings (SSSR count). The highest BCUT2D eigenvalue weighted by atomic mass is 19.1. The summed E-state index contributed by atoms with van der Waals surface area (Å²) < 4.78 is 18.8. The number of nitrogens with one attached hydrogen (secondary N) is 1. The van der Waals surface area contributed by atoms with E-state index in [9.17, 15) is 9.18 Å². The number of halogens is 1. The summed E-state index contributed by atoms with van der Waals surface area (Å²) in [7, 11) is 3.92. The third kappa shape index (κ3) is 4.09. The highest BCUT2D eigenvalue weighted by Gasteiger charge is 2.17. The van der Waals surface area contributed by atoms with Crippen molar-refractivity contribution in [1.29, 1.82) is 0 Å². The molecule has 7 heteroatoms. The first kappa shape index (κ1) is 15.1. The van der Waals surface area contributed by atoms with E-state index in [4.69, 9.17) is 4.42 Å². The Bertz CT molecular complexity index is 613. The first-order chi connectivity index (χ1) is 10.1. The zero-order valence-corrected chi connectivity index (χ0v) is 12.0. The maximum absolute atomic E-state index is 13.6. The second-order valence-corrected chi connectivity index (χ2v) is 4.80. The molecule has 0 atom stereocenters. The summed E-state index contributed by atoms with van der Waals surface area (Å²) in [6.45, 7) is 1.37. The van der Waals surface area contributed by atoms with Gasteiger partial charge in [0, 0.05) is 6.54 Å². The smallest absolute Gasteiger partial charge is 0.308 e. The lowest BCUT2D eigenvalue weighted by Crippen LogP contribution is -2.27. The highest BCUT2D eigenvalue weighted by molar-refractivity contribution is 5.89. The molecule has 1 heterocycles. The zero-order chi connectivity index (χ0) is 15.2. The van der Waals surface area contributed by atoms with E-state index in [0.29, 0.717) is 6.54 Å². The molecule has 0 saturated carbocycles. The first-order valence-corrected chi connectivity index (χ1v) is 6.59. The molecule has 0 bridgehead atoms. The van der Waals surface area contributed by atoms with Crippen molar-refractivity contribution in [2.45, 2.75) is 6.42 Å². The van der Waals surface area contributed by atoms with Gasteiger partial charge in [0.1, 0.15) is 5.82 Å². The predicted molar refractivity (Wildman–Crippen MR) is 75.2 cm³/mol. The van der Waals surface area contributed by atoms with Crippen molar-refractivity contribution in [3.8, 4) is 11.5 Å². The van der Waals surface area contributed by atoms with Crippen LogP contribution in [0.15, 0.2) is 28.7 Å². The second kappa shape index (κ2) is 6.94. The largest absolute Gasteiger partial charge is 0.412 e. The molecule has 0 unspecified atom stereocenters. The van der Waals surface area contributed by atoms with Crippen molar-refractivity contribution < 1.29 is 13.6 Å². The number of nitrogens with zero attached hydrogens (tertiary/aromatic N) is 3. The van der Waals surface area contributed by atoms with Crippen LogP contribution in [-0.4, -0.2) is 48.2 Å². The van der Waals surface area contributed by atoms with Crippen LogP contribution in [0.1, 0.15) is 17.1 Å². The number of carbonyl (C=O) groups is 1. The molecule has 0 spiro atoms. The quantitative estimate of drug-likeness (QED) is 0.818. The summed E-state index contributed by atoms with van der Waals surface area (Å²) >= 11 is 0. The van der Waals surface area contributed by atoms with E-state index in [1.807, 2.05) is 19.0 Å². The third-order valence-electron chi connectivity index (χ3n) is 2.79. The highest BCUT2D eigenvalue weighted by Crippen LogP contribution is 2.20. The molecular weight excluding hydrogens is 275 g/mol. The summed E-state index contributed by atoms with van der Waals surface area (Å²) in [5.41, 5.74) is 0.177. The van der Waals surface area contributed by atoms with Crippen LogP contribution in [-0.2, 0) is 0 Å². The van der Waals surface area contributed by atoms with Gasteiger partial charge in [-0.3, -0.25) is 4.79 Å². The first-order valence-electron chi connectivity index (χ1n) is 6.59. The van der Waals surface area contributed by atoms with Gasteiger partial charge in [-0.15, -0.1) is 10.2 Å². The predicted octanol–water partition coefficient (Wildman–Crippen LogP) is 1.56. The van der Waals surface area contributed by atoms with Crippen LogP contribution in [0.2, 0.25) is 0 Å². The number of rotatable bonds is 6. The van der Waals surface area contributed by atoms with Gasteiger partial charge < -0.3 is 14.6 Å². The van der Waals surface area contributed by atoms with E-state index in [0.717, 1.165) is 13.0 Å². The lowest BCUT2D eigenvalue weighted by atomic mass is 10.2. The fourth-order valence-corrected chi connectivity index (χ4v) is 1.73. The van der Waals surface area contributed by atoms with Crippen LogP contribution in [0.5, 0.6) is 0 Å². The Balaban J connectivity index is 1.97. The molecule has 1 amide bonds. The Labute approximate surface area is 122 Å². The van der Waals surface area contributed by atoms with Crippen molar-refractivity contribution in [1.82, 2.24) is 20.4 Å². The minimum Gasteiger partial charge on any atom is -0.412 e. The number of amides is 1. The normalized spacial score (nSPS) is 10.9. The van der Waals surface area contributed by atoms with E-state index < -0.39 is 11.7 Å². The summed E-state index contributed by atoms with van der Waals surface area (Å²) in [6.07, 6.45) is 0.813. The van der Waals surface area contributed by atoms with Crippen molar-refractivity contribution in [2.24, 2.45) is 0 Å². The summed E-state index contributed by atoms with van der Waals surface area (Å²) in [5.74, 6) is -1.10. The Morgan fingerprint density at radius 2 is 2.10 bits per heavy atom. The number of benzene rings is 1. The van der Waals surface area contributed by atoms with E-state index in [1.165, 1.54) is 12.1 Å². The average molecular weight is 292 g/mol. The standard InChI is InChI=1S/C14H17FN4O2/c1-19(2)9-5-8-16-12(20)14-18-17-13(21-14)10-6-3-4-7-11(10)15/h3-4,6-7H,5,8-9H2,1-2H3,(H,16,20). The maximum Gasteiger partial charge on any atom is 0.308 e. The van der Waals surface area contributed by atoms with Gasteiger partial charge in [-0.05, 0) is 39.2 Å². The van der Waals surface area contributed by atoms with Gasteiger partial charge in [0.25, 0.3) is 5.89 Å². The number of aromatic nitrogens is 2. The lowest BCUT2D eigenvalue weighted by molar-refractivity contribution is 0.0918. The number of hydrogen-bond acceptors (Lipinski definition) is 5. The Morgan fingerprint density at radius 3 is 2.81 bits per heavy atom. The molecule has 0 aliphatic carbocycles. The van der Waals surface area contributed by atoms with Crippen LogP contribution < -0.4 is 5.32 Å². The van der Waals surface area contributed by atoms with Gasteiger partial charge >= 0.3 is 11.8 Å². The van der Waals surface area contributed by atoms with Crippen LogP contribution in [0.4, 0.5) is 4.39 Å². The molecule has 0 aliphatic heterocycles. The number of hydrogen-bond donors (Lipinski definition) is 1. The van der Waals surface area contributed by atoms with E-state index >= 15 is 0 Å². The molecular formula is C14H17FN4O2. The monoisotopic (exact) mass is 292 g/mol. The minimum atomic E-state index is -0.473. The fraction of sp³-hybridized carbons (Fsp3) is 0.357. The Hall–Kier alpha value is -2.28. The zero-order valence-electron chi connectivity index (χ0n) is 12.0.